The summed E-state index contributed by atoms with van der Waals surface area (Å²) in [6.07, 6.45) is 63.9. The first-order chi connectivity index (χ1) is 29.5. The van der Waals surface area contributed by atoms with Crippen molar-refractivity contribution >= 4 is 17.8 Å². The molecular weight excluding hydrogens is 749 g/mol. The fourth-order valence-electron chi connectivity index (χ4n) is 5.22. The van der Waals surface area contributed by atoms with Crippen molar-refractivity contribution in [3.05, 3.63) is 146 Å². The molecule has 0 aromatic heterocycles. The van der Waals surface area contributed by atoms with E-state index in [0.717, 1.165) is 77.0 Å². The molecule has 0 radical (unpaired) electrons. The van der Waals surface area contributed by atoms with E-state index in [1.165, 1.54) is 0 Å². The molecule has 0 heterocycles. The highest BCUT2D eigenvalue weighted by Gasteiger charge is 2.24. The van der Waals surface area contributed by atoms with E-state index in [2.05, 4.69) is 152 Å². The maximum absolute atomic E-state index is 12.8. The Morgan fingerprint density at radius 1 is 0.467 bits per heavy atom. The monoisotopic (exact) mass is 827 g/mol. The molecule has 2 amide bonds. The molecule has 4 N–H and O–H groups in total. The zero-order valence-electron chi connectivity index (χ0n) is 36.9. The van der Waals surface area contributed by atoms with Crippen molar-refractivity contribution in [1.82, 2.24) is 10.6 Å². The molecule has 0 aliphatic rings. The molecule has 0 bridgehead atoms. The van der Waals surface area contributed by atoms with E-state index < -0.39 is 31.3 Å². The zero-order chi connectivity index (χ0) is 43.8. The minimum atomic E-state index is -1.07. The highest BCUT2D eigenvalue weighted by atomic mass is 16.6. The normalized spacial score (nSPS) is 13.6. The van der Waals surface area contributed by atoms with Gasteiger partial charge in [0.1, 0.15) is 12.1 Å². The predicted molar refractivity (Wildman–Crippen MR) is 253 cm³/mol. The van der Waals surface area contributed by atoms with Gasteiger partial charge in [0.15, 0.2) is 0 Å². The van der Waals surface area contributed by atoms with Crippen molar-refractivity contribution in [1.29, 1.82) is 0 Å². The topological polar surface area (TPSA) is 125 Å². The number of allylic oxidation sites excluding steroid dienone is 24. The third-order valence-corrected chi connectivity index (χ3v) is 8.57. The number of carbonyl (C=O) groups is 3. The molecule has 0 aliphatic heterocycles. The summed E-state index contributed by atoms with van der Waals surface area (Å²) in [5.41, 5.74) is 0. The van der Waals surface area contributed by atoms with Crippen LogP contribution in [-0.4, -0.2) is 59.9 Å². The van der Waals surface area contributed by atoms with E-state index in [4.69, 9.17) is 4.74 Å². The zero-order valence-corrected chi connectivity index (χ0v) is 36.9. The van der Waals surface area contributed by atoms with Crippen molar-refractivity contribution in [3.8, 4) is 0 Å². The Bertz CT molecular complexity index is 1440. The van der Waals surface area contributed by atoms with E-state index in [1.54, 1.807) is 0 Å². The number of aliphatic hydroxyl groups excluding tert-OH is 2. The molecule has 0 saturated carbocycles. The van der Waals surface area contributed by atoms with Crippen LogP contribution < -0.4 is 10.6 Å². The summed E-state index contributed by atoms with van der Waals surface area (Å²) in [4.78, 5) is 37.8. The van der Waals surface area contributed by atoms with Crippen LogP contribution in [0.5, 0.6) is 0 Å². The van der Waals surface area contributed by atoms with Crippen molar-refractivity contribution in [2.75, 3.05) is 19.8 Å². The third-order valence-electron chi connectivity index (χ3n) is 8.57. The van der Waals surface area contributed by atoms with Crippen LogP contribution in [0.3, 0.4) is 0 Å². The first-order valence-corrected chi connectivity index (χ1v) is 22.3. The summed E-state index contributed by atoms with van der Waals surface area (Å²) < 4.78 is 5.19. The molecule has 0 rings (SSSR count). The highest BCUT2D eigenvalue weighted by Crippen LogP contribution is 2.06. The second-order valence-electron chi connectivity index (χ2n) is 13.9. The highest BCUT2D eigenvalue weighted by molar-refractivity contribution is 5.84. The van der Waals surface area contributed by atoms with Gasteiger partial charge in [0, 0.05) is 19.4 Å². The van der Waals surface area contributed by atoms with Crippen LogP contribution in [0, 0.1) is 0 Å². The molecule has 0 aromatic carbocycles. The molecule has 0 aliphatic carbocycles. The van der Waals surface area contributed by atoms with Gasteiger partial charge in [0.25, 0.3) is 0 Å². The van der Waals surface area contributed by atoms with Gasteiger partial charge in [-0.25, -0.2) is 4.79 Å². The third kappa shape index (κ3) is 40.0. The average molecular weight is 827 g/mol. The number of amides is 2. The summed E-state index contributed by atoms with van der Waals surface area (Å²) >= 11 is 0. The lowest BCUT2D eigenvalue weighted by Gasteiger charge is -2.20. The second kappa shape index (κ2) is 45.3. The Morgan fingerprint density at radius 2 is 0.783 bits per heavy atom. The lowest BCUT2D eigenvalue weighted by molar-refractivity contribution is -0.157. The van der Waals surface area contributed by atoms with Gasteiger partial charge in [-0.05, 0) is 103 Å². The number of hydrogen-bond acceptors (Lipinski definition) is 6. The van der Waals surface area contributed by atoms with E-state index in [9.17, 15) is 24.6 Å². The fraction of sp³-hybridized carbons (Fsp3) is 0.481. The molecule has 8 heteroatoms. The van der Waals surface area contributed by atoms with Gasteiger partial charge in [-0.15, -0.1) is 0 Å². The molecule has 60 heavy (non-hydrogen) atoms. The number of rotatable bonds is 37. The molecule has 0 spiro atoms. The molecule has 0 saturated heterocycles. The lowest BCUT2D eigenvalue weighted by Crippen LogP contribution is -2.44. The maximum atomic E-state index is 12.8. The van der Waals surface area contributed by atoms with Crippen molar-refractivity contribution < 1.29 is 29.3 Å². The van der Waals surface area contributed by atoms with Gasteiger partial charge in [0.2, 0.25) is 11.8 Å². The summed E-state index contributed by atoms with van der Waals surface area (Å²) in [6, 6.07) is -0.959. The van der Waals surface area contributed by atoms with Crippen LogP contribution in [0.2, 0.25) is 0 Å². The second-order valence-corrected chi connectivity index (χ2v) is 13.9. The Labute approximate surface area is 363 Å². The maximum Gasteiger partial charge on any atom is 0.329 e. The molecule has 1 atom stereocenters. The number of carbonyl (C=O) groups excluding carboxylic acids is 3. The van der Waals surface area contributed by atoms with Gasteiger partial charge >= 0.3 is 5.97 Å². The Hall–Kier alpha value is -4.79. The Kier molecular flexibility index (Phi) is 41.7. The van der Waals surface area contributed by atoms with Gasteiger partial charge in [-0.2, -0.15) is 0 Å². The SMILES string of the molecule is CCC=CCC=CCC=CCC=CCC=CCC=CCCC(=O)NCCC[C@H](NC(=O)CCC=CCC=CCC=CCC=CCC=CCC=CCC)C(=O)OC(CO)CO. The van der Waals surface area contributed by atoms with E-state index >= 15 is 0 Å². The fourth-order valence-corrected chi connectivity index (χ4v) is 5.22. The first-order valence-electron chi connectivity index (χ1n) is 22.3. The predicted octanol–water partition coefficient (Wildman–Crippen LogP) is 11.2. The number of ether oxygens (including phenoxy) is 1. The summed E-state index contributed by atoms with van der Waals surface area (Å²) in [5.74, 6) is -1.12. The Morgan fingerprint density at radius 3 is 1.12 bits per heavy atom. The summed E-state index contributed by atoms with van der Waals surface area (Å²) in [5, 5.41) is 24.3. The molecule has 8 nitrogen and oxygen atoms in total. The minimum Gasteiger partial charge on any atom is -0.456 e. The molecular formula is C52H78N2O6. The number of esters is 1. The van der Waals surface area contributed by atoms with Crippen LogP contribution in [0.25, 0.3) is 0 Å². The van der Waals surface area contributed by atoms with Crippen molar-refractivity contribution in [2.24, 2.45) is 0 Å². The minimum absolute atomic E-state index is 0.0883. The smallest absolute Gasteiger partial charge is 0.329 e. The quantitative estimate of drug-likeness (QED) is 0.0281. The van der Waals surface area contributed by atoms with Crippen LogP contribution in [-0.2, 0) is 19.1 Å². The first kappa shape index (κ1) is 55.2. The molecule has 0 aromatic rings. The molecule has 332 valence electrons. The van der Waals surface area contributed by atoms with E-state index in [0.29, 0.717) is 32.2 Å². The lowest BCUT2D eigenvalue weighted by atomic mass is 10.1. The number of hydrogen-bond donors (Lipinski definition) is 4. The largest absolute Gasteiger partial charge is 0.456 e. The van der Waals surface area contributed by atoms with E-state index in [-0.39, 0.29) is 24.7 Å². The van der Waals surface area contributed by atoms with Gasteiger partial charge in [-0.1, -0.05) is 160 Å². The number of aliphatic hydroxyl groups is 2. The summed E-state index contributed by atoms with van der Waals surface area (Å²) in [6.45, 7) is 3.56. The van der Waals surface area contributed by atoms with Crippen LogP contribution in [0.4, 0.5) is 0 Å². The molecule has 0 unspecified atom stereocenters. The van der Waals surface area contributed by atoms with E-state index in [1.807, 2.05) is 18.2 Å². The summed E-state index contributed by atoms with van der Waals surface area (Å²) in [7, 11) is 0. The van der Waals surface area contributed by atoms with Gasteiger partial charge in [0.05, 0.1) is 13.2 Å². The van der Waals surface area contributed by atoms with Crippen molar-refractivity contribution in [3.63, 3.8) is 0 Å². The average Bonchev–Trinajstić information content (AvgIpc) is 3.25. The number of nitrogens with one attached hydrogen (secondary N) is 2. The van der Waals surface area contributed by atoms with Gasteiger partial charge in [-0.3, -0.25) is 9.59 Å². The van der Waals surface area contributed by atoms with Crippen LogP contribution in [0.1, 0.15) is 129 Å². The Balaban J connectivity index is 4.34. The molecule has 0 fully saturated rings. The van der Waals surface area contributed by atoms with Crippen molar-refractivity contribution in [2.45, 2.75) is 142 Å². The standard InChI is InChI=1S/C52H78N2O6/c1-3-5-7-9-11-13-15-17-19-21-23-25-27-29-31-33-35-37-39-43-50(57)53-45-41-42-49(52(59)60-48(46-55)47-56)54-51(58)44-40-38-36-34-32-30-28-26-24-22-20-18-16-14-12-10-8-6-4-2/h5-8,11-14,17-20,23-26,29-32,35-38,48-49,55-56H,3-4,9-10,15-16,21-22,27-28,33-34,39-47H2,1-2H3,(H,53,57)(H,54,58)/t49-/m0/s1. The van der Waals surface area contributed by atoms with Crippen LogP contribution >= 0.6 is 0 Å². The van der Waals surface area contributed by atoms with Gasteiger partial charge < -0.3 is 25.6 Å². The van der Waals surface area contributed by atoms with Crippen LogP contribution in [0.15, 0.2) is 146 Å².